The predicted octanol–water partition coefficient (Wildman–Crippen LogP) is 2.79. The molecule has 6 heteroatoms. The second-order valence-corrected chi connectivity index (χ2v) is 7.96. The molecule has 29 heavy (non-hydrogen) atoms. The minimum Gasteiger partial charge on any atom is -0.496 e. The first-order valence-corrected chi connectivity index (χ1v) is 10.2. The fourth-order valence-electron chi connectivity index (χ4n) is 4.21. The lowest BCUT2D eigenvalue weighted by Crippen LogP contribution is -2.43. The van der Waals surface area contributed by atoms with Crippen molar-refractivity contribution >= 4 is 11.8 Å². The van der Waals surface area contributed by atoms with E-state index in [1.807, 2.05) is 29.2 Å². The number of piperidine rings is 1. The summed E-state index contributed by atoms with van der Waals surface area (Å²) in [6, 6.07) is 11.3. The summed E-state index contributed by atoms with van der Waals surface area (Å²) < 4.78 is 5.47. The summed E-state index contributed by atoms with van der Waals surface area (Å²) >= 11 is 0. The molecular weight excluding hydrogens is 366 g/mol. The molecule has 0 radical (unpaired) electrons. The van der Waals surface area contributed by atoms with E-state index in [1.54, 1.807) is 31.6 Å². The molecule has 0 atom stereocenters. The first-order valence-electron chi connectivity index (χ1n) is 10.2. The van der Waals surface area contributed by atoms with Crippen molar-refractivity contribution in [2.45, 2.75) is 31.1 Å². The third-order valence-electron chi connectivity index (χ3n) is 6.19. The molecule has 1 aliphatic carbocycles. The van der Waals surface area contributed by atoms with Gasteiger partial charge in [0.15, 0.2) is 0 Å². The van der Waals surface area contributed by atoms with Gasteiger partial charge in [-0.15, -0.1) is 0 Å². The van der Waals surface area contributed by atoms with Crippen molar-refractivity contribution < 1.29 is 14.3 Å². The summed E-state index contributed by atoms with van der Waals surface area (Å²) in [5.74, 6) is 1.33. The van der Waals surface area contributed by atoms with Crippen molar-refractivity contribution in [3.05, 3.63) is 59.9 Å². The normalized spacial score (nSPS) is 18.2. The Balaban J connectivity index is 1.30. The van der Waals surface area contributed by atoms with Gasteiger partial charge in [-0.1, -0.05) is 18.2 Å². The Morgan fingerprint density at radius 3 is 2.48 bits per heavy atom. The quantitative estimate of drug-likeness (QED) is 0.819. The average Bonchev–Trinajstić information content (AvgIpc) is 3.60. The van der Waals surface area contributed by atoms with Gasteiger partial charge < -0.3 is 15.0 Å². The fraction of sp³-hybridized carbons (Fsp3) is 0.435. The van der Waals surface area contributed by atoms with Crippen LogP contribution in [0.2, 0.25) is 0 Å². The molecule has 1 aromatic heterocycles. The Bertz CT molecular complexity index is 872. The van der Waals surface area contributed by atoms with Gasteiger partial charge in [-0.3, -0.25) is 14.6 Å². The Hall–Kier alpha value is -2.89. The number of carbonyl (C=O) groups is 2. The van der Waals surface area contributed by atoms with Crippen LogP contribution in [0, 0.1) is 5.92 Å². The van der Waals surface area contributed by atoms with Crippen LogP contribution >= 0.6 is 0 Å². The standard InChI is InChI=1S/C23H27N3O3/c1-29-20-5-3-2-4-19(20)23(10-11-23)22(28)25-16-17-8-14-26(15-9-17)21(27)18-6-12-24-13-7-18/h2-7,12-13,17H,8-11,14-16H2,1H3,(H,25,28). The highest BCUT2D eigenvalue weighted by molar-refractivity contribution is 5.94. The number of likely N-dealkylation sites (tertiary alicyclic amines) is 1. The molecule has 2 heterocycles. The number of hydrogen-bond acceptors (Lipinski definition) is 4. The lowest BCUT2D eigenvalue weighted by molar-refractivity contribution is -0.123. The molecule has 2 amide bonds. The zero-order chi connectivity index (χ0) is 20.3. The number of carbonyl (C=O) groups excluding carboxylic acids is 2. The summed E-state index contributed by atoms with van der Waals surface area (Å²) in [5, 5.41) is 3.17. The largest absolute Gasteiger partial charge is 0.496 e. The number of nitrogens with zero attached hydrogens (tertiary/aromatic N) is 2. The number of hydrogen-bond donors (Lipinski definition) is 1. The van der Waals surface area contributed by atoms with E-state index in [4.69, 9.17) is 4.74 Å². The molecule has 1 aliphatic heterocycles. The van der Waals surface area contributed by atoms with Crippen LogP contribution in [0.4, 0.5) is 0 Å². The van der Waals surface area contributed by atoms with E-state index in [-0.39, 0.29) is 11.8 Å². The number of methoxy groups -OCH3 is 1. The van der Waals surface area contributed by atoms with Gasteiger partial charge >= 0.3 is 0 Å². The van der Waals surface area contributed by atoms with Gasteiger partial charge in [-0.05, 0) is 49.8 Å². The minimum atomic E-state index is -0.440. The molecule has 2 aliphatic rings. The SMILES string of the molecule is COc1ccccc1C1(C(=O)NCC2CCN(C(=O)c3ccncc3)CC2)CC1. The molecule has 1 saturated carbocycles. The van der Waals surface area contributed by atoms with Crippen LogP contribution in [0.1, 0.15) is 41.6 Å². The zero-order valence-electron chi connectivity index (χ0n) is 16.8. The van der Waals surface area contributed by atoms with Crippen LogP contribution in [0.15, 0.2) is 48.8 Å². The van der Waals surface area contributed by atoms with Gasteiger partial charge in [-0.25, -0.2) is 0 Å². The van der Waals surface area contributed by atoms with Gasteiger partial charge in [-0.2, -0.15) is 0 Å². The Labute approximate surface area is 171 Å². The highest BCUT2D eigenvalue weighted by atomic mass is 16.5. The summed E-state index contributed by atoms with van der Waals surface area (Å²) in [6.45, 7) is 2.10. The number of amides is 2. The van der Waals surface area contributed by atoms with E-state index in [2.05, 4.69) is 10.3 Å². The van der Waals surface area contributed by atoms with Crippen molar-refractivity contribution in [3.63, 3.8) is 0 Å². The number of nitrogens with one attached hydrogen (secondary N) is 1. The molecule has 1 saturated heterocycles. The van der Waals surface area contributed by atoms with Gasteiger partial charge in [0.05, 0.1) is 12.5 Å². The molecule has 1 N–H and O–H groups in total. The number of rotatable bonds is 6. The maximum atomic E-state index is 13.0. The molecule has 152 valence electrons. The van der Waals surface area contributed by atoms with E-state index in [0.717, 1.165) is 50.1 Å². The number of pyridine rings is 1. The van der Waals surface area contributed by atoms with Gasteiger partial charge in [0, 0.05) is 43.2 Å². The predicted molar refractivity (Wildman–Crippen MR) is 110 cm³/mol. The van der Waals surface area contributed by atoms with Crippen molar-refractivity contribution in [1.82, 2.24) is 15.2 Å². The maximum absolute atomic E-state index is 13.0. The van der Waals surface area contributed by atoms with Crippen LogP contribution in [0.5, 0.6) is 5.75 Å². The van der Waals surface area contributed by atoms with Crippen molar-refractivity contribution in [1.29, 1.82) is 0 Å². The monoisotopic (exact) mass is 393 g/mol. The van der Waals surface area contributed by atoms with Crippen LogP contribution in [-0.2, 0) is 10.2 Å². The van der Waals surface area contributed by atoms with Crippen LogP contribution < -0.4 is 10.1 Å². The topological polar surface area (TPSA) is 71.5 Å². The first kappa shape index (κ1) is 19.4. The zero-order valence-corrected chi connectivity index (χ0v) is 16.8. The first-order chi connectivity index (χ1) is 14.1. The molecule has 4 rings (SSSR count). The maximum Gasteiger partial charge on any atom is 0.253 e. The Morgan fingerprint density at radius 1 is 1.14 bits per heavy atom. The van der Waals surface area contributed by atoms with Crippen LogP contribution in [0.3, 0.4) is 0 Å². The van der Waals surface area contributed by atoms with Gasteiger partial charge in [0.2, 0.25) is 5.91 Å². The van der Waals surface area contributed by atoms with Crippen molar-refractivity contribution in [2.24, 2.45) is 5.92 Å². The summed E-state index contributed by atoms with van der Waals surface area (Å²) in [5.41, 5.74) is 1.22. The van der Waals surface area contributed by atoms with Gasteiger partial charge in [0.1, 0.15) is 5.75 Å². The highest BCUT2D eigenvalue weighted by Gasteiger charge is 2.52. The molecule has 0 spiro atoms. The lowest BCUT2D eigenvalue weighted by Gasteiger charge is -2.32. The fourth-order valence-corrected chi connectivity index (χ4v) is 4.21. The molecule has 1 aromatic carbocycles. The number of aromatic nitrogens is 1. The van der Waals surface area contributed by atoms with E-state index >= 15 is 0 Å². The van der Waals surface area contributed by atoms with Crippen LogP contribution in [0.25, 0.3) is 0 Å². The molecule has 6 nitrogen and oxygen atoms in total. The summed E-state index contributed by atoms with van der Waals surface area (Å²) in [7, 11) is 1.65. The van der Waals surface area contributed by atoms with E-state index in [1.165, 1.54) is 0 Å². The number of benzene rings is 1. The average molecular weight is 393 g/mol. The second kappa shape index (κ2) is 8.23. The van der Waals surface area contributed by atoms with Crippen molar-refractivity contribution in [2.75, 3.05) is 26.7 Å². The van der Waals surface area contributed by atoms with Crippen molar-refractivity contribution in [3.8, 4) is 5.75 Å². The molecule has 0 bridgehead atoms. The Morgan fingerprint density at radius 2 is 1.83 bits per heavy atom. The lowest BCUT2D eigenvalue weighted by atomic mass is 9.92. The smallest absolute Gasteiger partial charge is 0.253 e. The summed E-state index contributed by atoms with van der Waals surface area (Å²) in [4.78, 5) is 31.4. The summed E-state index contributed by atoms with van der Waals surface area (Å²) in [6.07, 6.45) is 6.81. The van der Waals surface area contributed by atoms with E-state index in [9.17, 15) is 9.59 Å². The number of ether oxygens (including phenoxy) is 1. The third-order valence-corrected chi connectivity index (χ3v) is 6.19. The molecular formula is C23H27N3O3. The third kappa shape index (κ3) is 3.97. The minimum absolute atomic E-state index is 0.0583. The molecule has 2 aromatic rings. The molecule has 2 fully saturated rings. The van der Waals surface area contributed by atoms with E-state index < -0.39 is 5.41 Å². The van der Waals surface area contributed by atoms with Crippen LogP contribution in [-0.4, -0.2) is 48.4 Å². The number of para-hydroxylation sites is 1. The van der Waals surface area contributed by atoms with E-state index in [0.29, 0.717) is 18.0 Å². The van der Waals surface area contributed by atoms with Gasteiger partial charge in [0.25, 0.3) is 5.91 Å². The second-order valence-electron chi connectivity index (χ2n) is 7.96. The molecule has 0 unspecified atom stereocenters. The Kier molecular flexibility index (Phi) is 5.51. The highest BCUT2D eigenvalue weighted by Crippen LogP contribution is 2.51.